The molecule has 2 heteroatoms. The molecule has 0 saturated carbocycles. The van der Waals surface area contributed by atoms with E-state index in [9.17, 15) is 5.11 Å². The van der Waals surface area contributed by atoms with Crippen molar-refractivity contribution < 1.29 is 5.11 Å². The molecule has 1 atom stereocenters. The van der Waals surface area contributed by atoms with Crippen molar-refractivity contribution >= 4 is 16.5 Å². The Labute approximate surface area is 136 Å². The molecular weight excluding hydrogens is 282 g/mol. The Hall–Kier alpha value is -2.32. The molecule has 1 aliphatic rings. The molecule has 2 nitrogen and oxygen atoms in total. The molecule has 0 fully saturated rings. The predicted molar refractivity (Wildman–Crippen MR) is 95.3 cm³/mol. The number of nitrogens with one attached hydrogen (secondary N) is 1. The quantitative estimate of drug-likeness (QED) is 0.722. The number of benzene rings is 2. The smallest absolute Gasteiger partial charge is 0.0499 e. The monoisotopic (exact) mass is 303 g/mol. The van der Waals surface area contributed by atoms with E-state index in [2.05, 4.69) is 65.8 Å². The summed E-state index contributed by atoms with van der Waals surface area (Å²) in [4.78, 5) is 3.34. The lowest BCUT2D eigenvalue weighted by Crippen LogP contribution is -2.09. The maximum absolute atomic E-state index is 9.91. The van der Waals surface area contributed by atoms with Crippen LogP contribution in [0.2, 0.25) is 0 Å². The van der Waals surface area contributed by atoms with Gasteiger partial charge in [0.25, 0.3) is 0 Å². The van der Waals surface area contributed by atoms with Crippen molar-refractivity contribution in [3.8, 4) is 0 Å². The molecule has 0 amide bonds. The third kappa shape index (κ3) is 2.60. The van der Waals surface area contributed by atoms with Crippen LogP contribution in [0, 0.1) is 5.92 Å². The van der Waals surface area contributed by atoms with Crippen LogP contribution in [-0.2, 0) is 12.8 Å². The molecule has 0 radical (unpaired) electrons. The van der Waals surface area contributed by atoms with Crippen molar-refractivity contribution in [1.82, 2.24) is 4.98 Å². The van der Waals surface area contributed by atoms with Crippen LogP contribution in [0.5, 0.6) is 0 Å². The van der Waals surface area contributed by atoms with E-state index in [4.69, 9.17) is 0 Å². The molecule has 2 N–H and O–H groups in total. The van der Waals surface area contributed by atoms with Gasteiger partial charge in [0.15, 0.2) is 0 Å². The first-order chi connectivity index (χ1) is 11.4. The summed E-state index contributed by atoms with van der Waals surface area (Å²) in [6, 6.07) is 17.0. The highest BCUT2D eigenvalue weighted by molar-refractivity contribution is 5.83. The summed E-state index contributed by atoms with van der Waals surface area (Å²) in [5.41, 5.74) is 6.56. The Kier molecular flexibility index (Phi) is 3.76. The number of H-pyrrole nitrogens is 1. The van der Waals surface area contributed by atoms with Gasteiger partial charge in [-0.25, -0.2) is 0 Å². The number of fused-ring (bicyclic) bond motifs is 2. The minimum Gasteiger partial charge on any atom is -0.396 e. The number of allylic oxidation sites excluding steroid dienone is 1. The number of aromatic nitrogens is 1. The second-order valence-electron chi connectivity index (χ2n) is 6.30. The van der Waals surface area contributed by atoms with Crippen molar-refractivity contribution in [2.75, 3.05) is 6.61 Å². The Bertz CT molecular complexity index is 859. The minimum absolute atomic E-state index is 0.211. The summed E-state index contributed by atoms with van der Waals surface area (Å²) in [5, 5.41) is 11.2. The molecular formula is C21H21NO. The van der Waals surface area contributed by atoms with Crippen LogP contribution < -0.4 is 0 Å². The van der Waals surface area contributed by atoms with Gasteiger partial charge in [0.1, 0.15) is 0 Å². The first-order valence-corrected chi connectivity index (χ1v) is 8.31. The Balaban J connectivity index is 1.54. The fraction of sp³-hybridized carbons (Fsp3) is 0.238. The lowest BCUT2D eigenvalue weighted by molar-refractivity contribution is 0.251. The van der Waals surface area contributed by atoms with Crippen LogP contribution >= 0.6 is 0 Å². The number of aliphatic hydroxyl groups excluding tert-OH is 1. The van der Waals surface area contributed by atoms with Crippen LogP contribution in [0.15, 0.2) is 60.8 Å². The normalized spacial score (nSPS) is 14.7. The SMILES string of the molecule is OCC(CCc1c[nH]c2ccccc12)C1=CCc2ccccc21. The van der Waals surface area contributed by atoms with E-state index in [0.29, 0.717) is 0 Å². The van der Waals surface area contributed by atoms with E-state index in [1.54, 1.807) is 0 Å². The second-order valence-corrected chi connectivity index (χ2v) is 6.30. The molecule has 4 rings (SSSR count). The summed E-state index contributed by atoms with van der Waals surface area (Å²) < 4.78 is 0. The van der Waals surface area contributed by atoms with Crippen molar-refractivity contribution in [2.24, 2.45) is 5.92 Å². The molecule has 1 unspecified atom stereocenters. The minimum atomic E-state index is 0.211. The zero-order valence-corrected chi connectivity index (χ0v) is 13.1. The summed E-state index contributed by atoms with van der Waals surface area (Å²) in [6.45, 7) is 0.211. The first-order valence-electron chi connectivity index (χ1n) is 8.31. The highest BCUT2D eigenvalue weighted by Gasteiger charge is 2.21. The topological polar surface area (TPSA) is 36.0 Å². The standard InChI is InChI=1S/C21H21NO/c23-14-17(19-12-11-15-5-1-2-6-18(15)19)10-9-16-13-22-21-8-4-3-7-20(16)21/h1-8,12-13,17,22-23H,9-11,14H2. The van der Waals surface area contributed by atoms with Gasteiger partial charge < -0.3 is 10.1 Å². The van der Waals surface area contributed by atoms with Crippen molar-refractivity contribution in [3.05, 3.63) is 77.5 Å². The molecule has 0 aliphatic heterocycles. The van der Waals surface area contributed by atoms with E-state index in [1.807, 2.05) is 0 Å². The second kappa shape index (κ2) is 6.05. The van der Waals surface area contributed by atoms with Crippen LogP contribution in [0.1, 0.15) is 23.1 Å². The molecule has 2 aromatic carbocycles. The van der Waals surface area contributed by atoms with E-state index in [-0.39, 0.29) is 12.5 Å². The van der Waals surface area contributed by atoms with E-state index in [1.165, 1.54) is 33.2 Å². The summed E-state index contributed by atoms with van der Waals surface area (Å²) in [5.74, 6) is 0.215. The predicted octanol–water partition coefficient (Wildman–Crippen LogP) is 4.35. The fourth-order valence-corrected chi connectivity index (χ4v) is 3.71. The number of hydrogen-bond acceptors (Lipinski definition) is 1. The lowest BCUT2D eigenvalue weighted by atomic mass is 9.89. The lowest BCUT2D eigenvalue weighted by Gasteiger charge is -2.17. The third-order valence-corrected chi connectivity index (χ3v) is 4.97. The molecule has 116 valence electrons. The molecule has 23 heavy (non-hydrogen) atoms. The third-order valence-electron chi connectivity index (χ3n) is 4.97. The van der Waals surface area contributed by atoms with Crippen molar-refractivity contribution in [3.63, 3.8) is 0 Å². The molecule has 1 aromatic heterocycles. The average molecular weight is 303 g/mol. The average Bonchev–Trinajstić information content (AvgIpc) is 3.20. The number of hydrogen-bond donors (Lipinski definition) is 2. The maximum Gasteiger partial charge on any atom is 0.0499 e. The summed E-state index contributed by atoms with van der Waals surface area (Å²) in [7, 11) is 0. The number of aliphatic hydroxyl groups is 1. The molecule has 1 heterocycles. The van der Waals surface area contributed by atoms with E-state index in [0.717, 1.165) is 19.3 Å². The van der Waals surface area contributed by atoms with Gasteiger partial charge in [0.05, 0.1) is 0 Å². The zero-order valence-electron chi connectivity index (χ0n) is 13.1. The first kappa shape index (κ1) is 14.3. The molecule has 3 aromatic rings. The van der Waals surface area contributed by atoms with Crippen LogP contribution in [0.3, 0.4) is 0 Å². The van der Waals surface area contributed by atoms with E-state index < -0.39 is 0 Å². The molecule has 0 spiro atoms. The molecule has 0 bridgehead atoms. The van der Waals surface area contributed by atoms with Crippen LogP contribution in [-0.4, -0.2) is 16.7 Å². The van der Waals surface area contributed by atoms with Gasteiger partial charge >= 0.3 is 0 Å². The number of para-hydroxylation sites is 1. The number of rotatable bonds is 5. The Morgan fingerprint density at radius 1 is 1.04 bits per heavy atom. The van der Waals surface area contributed by atoms with Crippen LogP contribution in [0.4, 0.5) is 0 Å². The largest absolute Gasteiger partial charge is 0.396 e. The van der Waals surface area contributed by atoms with Crippen molar-refractivity contribution in [2.45, 2.75) is 19.3 Å². The van der Waals surface area contributed by atoms with Gasteiger partial charge in [-0.15, -0.1) is 0 Å². The van der Waals surface area contributed by atoms with Gasteiger partial charge in [-0.05, 0) is 47.6 Å². The Morgan fingerprint density at radius 3 is 2.78 bits per heavy atom. The van der Waals surface area contributed by atoms with Crippen molar-refractivity contribution in [1.29, 1.82) is 0 Å². The summed E-state index contributed by atoms with van der Waals surface area (Å²) in [6.07, 6.45) is 7.35. The number of aryl methyl sites for hydroxylation is 1. The maximum atomic E-state index is 9.91. The highest BCUT2D eigenvalue weighted by atomic mass is 16.3. The van der Waals surface area contributed by atoms with E-state index >= 15 is 0 Å². The van der Waals surface area contributed by atoms with Gasteiger partial charge in [0, 0.05) is 29.6 Å². The van der Waals surface area contributed by atoms with Crippen LogP contribution in [0.25, 0.3) is 16.5 Å². The van der Waals surface area contributed by atoms with Gasteiger partial charge in [0.2, 0.25) is 0 Å². The highest BCUT2D eigenvalue weighted by Crippen LogP contribution is 2.35. The molecule has 0 saturated heterocycles. The number of aromatic amines is 1. The zero-order chi connectivity index (χ0) is 15.6. The fourth-order valence-electron chi connectivity index (χ4n) is 3.71. The van der Waals surface area contributed by atoms with Gasteiger partial charge in [-0.3, -0.25) is 0 Å². The molecule has 1 aliphatic carbocycles. The Morgan fingerprint density at radius 2 is 1.87 bits per heavy atom. The summed E-state index contributed by atoms with van der Waals surface area (Å²) >= 11 is 0. The van der Waals surface area contributed by atoms with Gasteiger partial charge in [-0.1, -0.05) is 48.5 Å². The van der Waals surface area contributed by atoms with Gasteiger partial charge in [-0.2, -0.15) is 0 Å².